The molecular formula is C17H21I. The van der Waals surface area contributed by atoms with Gasteiger partial charge < -0.3 is 0 Å². The molecule has 1 heteroatoms. The van der Waals surface area contributed by atoms with E-state index in [1.165, 1.54) is 16.7 Å². The highest BCUT2D eigenvalue weighted by molar-refractivity contribution is 14.1. The molecule has 0 amide bonds. The topological polar surface area (TPSA) is 0 Å². The van der Waals surface area contributed by atoms with Crippen LogP contribution in [0.15, 0.2) is 59.3 Å². The Morgan fingerprint density at radius 1 is 1.33 bits per heavy atom. The number of rotatable bonds is 2. The Balaban J connectivity index is 2.59. The molecule has 1 unspecified atom stereocenters. The van der Waals surface area contributed by atoms with Gasteiger partial charge in [-0.2, -0.15) is 0 Å². The molecule has 0 radical (unpaired) electrons. The quantitative estimate of drug-likeness (QED) is 0.452. The molecule has 0 nitrogen and oxygen atoms in total. The number of hydrogen-bond donors (Lipinski definition) is 0. The van der Waals surface area contributed by atoms with Gasteiger partial charge in [-0.25, -0.2) is 0 Å². The molecule has 1 atom stereocenters. The molecular weight excluding hydrogens is 331 g/mol. The second-order valence-electron chi connectivity index (χ2n) is 5.84. The SMILES string of the molecule is C=CC1=C(/C=C/C)C(C)(C)C2=C1C=CC(C)(I)C2. The van der Waals surface area contributed by atoms with Crippen LogP contribution < -0.4 is 0 Å². The third-order valence-corrected chi connectivity index (χ3v) is 4.73. The first kappa shape index (κ1) is 13.9. The molecule has 0 aromatic rings. The van der Waals surface area contributed by atoms with Crippen molar-refractivity contribution < 1.29 is 0 Å². The molecule has 0 aromatic carbocycles. The van der Waals surface area contributed by atoms with Gasteiger partial charge in [0, 0.05) is 8.84 Å². The number of allylic oxidation sites excluding steroid dienone is 9. The standard InChI is InChI=1S/C17H21I/c1-6-8-14-12(7-2)13-9-10-17(5,18)11-15(13)16(14,3)4/h6-10H,2,11H2,1,3-5H3/b8-6+. The van der Waals surface area contributed by atoms with Gasteiger partial charge in [0.15, 0.2) is 0 Å². The predicted octanol–water partition coefficient (Wildman–Crippen LogP) is 5.54. The number of halogens is 1. The summed E-state index contributed by atoms with van der Waals surface area (Å²) in [5.74, 6) is 0. The minimum Gasteiger partial charge on any atom is -0.0984 e. The third-order valence-electron chi connectivity index (χ3n) is 3.99. The van der Waals surface area contributed by atoms with Gasteiger partial charge in [0.05, 0.1) is 0 Å². The molecule has 0 heterocycles. The molecule has 0 saturated heterocycles. The highest BCUT2D eigenvalue weighted by Gasteiger charge is 2.40. The number of hydrogen-bond acceptors (Lipinski definition) is 0. The maximum absolute atomic E-state index is 4.01. The van der Waals surface area contributed by atoms with Crippen LogP contribution in [0.1, 0.15) is 34.1 Å². The minimum absolute atomic E-state index is 0.128. The van der Waals surface area contributed by atoms with Gasteiger partial charge in [0.1, 0.15) is 0 Å². The van der Waals surface area contributed by atoms with E-state index in [0.29, 0.717) is 0 Å². The van der Waals surface area contributed by atoms with Crippen LogP contribution in [0.2, 0.25) is 0 Å². The summed E-state index contributed by atoms with van der Waals surface area (Å²) in [7, 11) is 0. The van der Waals surface area contributed by atoms with Crippen LogP contribution in [0.25, 0.3) is 0 Å². The molecule has 0 spiro atoms. The molecule has 2 aliphatic rings. The van der Waals surface area contributed by atoms with Crippen molar-refractivity contribution in [1.82, 2.24) is 0 Å². The van der Waals surface area contributed by atoms with Crippen molar-refractivity contribution in [3.63, 3.8) is 0 Å². The predicted molar refractivity (Wildman–Crippen MR) is 89.0 cm³/mol. The Bertz CT molecular complexity index is 508. The molecule has 0 fully saturated rings. The van der Waals surface area contributed by atoms with Gasteiger partial charge >= 0.3 is 0 Å². The highest BCUT2D eigenvalue weighted by Crippen LogP contribution is 2.53. The highest BCUT2D eigenvalue weighted by atomic mass is 127. The smallest absolute Gasteiger partial charge is 0.0413 e. The second kappa shape index (κ2) is 4.52. The molecule has 0 aliphatic heterocycles. The lowest BCUT2D eigenvalue weighted by molar-refractivity contribution is 0.522. The zero-order valence-electron chi connectivity index (χ0n) is 11.7. The average Bonchev–Trinajstić information content (AvgIpc) is 2.48. The van der Waals surface area contributed by atoms with Crippen molar-refractivity contribution in [2.24, 2.45) is 5.41 Å². The average molecular weight is 352 g/mol. The summed E-state index contributed by atoms with van der Waals surface area (Å²) >= 11 is 2.55. The van der Waals surface area contributed by atoms with Crippen LogP contribution >= 0.6 is 22.6 Å². The summed E-state index contributed by atoms with van der Waals surface area (Å²) in [6, 6.07) is 0. The summed E-state index contributed by atoms with van der Waals surface area (Å²) in [6.07, 6.45) is 12.1. The van der Waals surface area contributed by atoms with Crippen LogP contribution in [-0.4, -0.2) is 3.42 Å². The van der Waals surface area contributed by atoms with Gasteiger partial charge in [0.25, 0.3) is 0 Å². The second-order valence-corrected chi connectivity index (χ2v) is 8.30. The fourth-order valence-corrected chi connectivity index (χ4v) is 3.56. The lowest BCUT2D eigenvalue weighted by Gasteiger charge is -2.32. The van der Waals surface area contributed by atoms with Crippen molar-refractivity contribution in [3.8, 4) is 0 Å². The summed E-state index contributed by atoms with van der Waals surface area (Å²) < 4.78 is 0.242. The summed E-state index contributed by atoms with van der Waals surface area (Å²) in [5, 5.41) is 0. The van der Waals surface area contributed by atoms with E-state index >= 15 is 0 Å². The van der Waals surface area contributed by atoms with Crippen LogP contribution in [-0.2, 0) is 0 Å². The van der Waals surface area contributed by atoms with Crippen molar-refractivity contribution in [2.75, 3.05) is 0 Å². The molecule has 0 bridgehead atoms. The molecule has 0 saturated carbocycles. The Kier molecular flexibility index (Phi) is 3.48. The van der Waals surface area contributed by atoms with E-state index in [1.807, 2.05) is 6.08 Å². The molecule has 2 aliphatic carbocycles. The monoisotopic (exact) mass is 352 g/mol. The first-order chi connectivity index (χ1) is 8.33. The van der Waals surface area contributed by atoms with Crippen LogP contribution in [0.4, 0.5) is 0 Å². The van der Waals surface area contributed by atoms with Crippen molar-refractivity contribution in [3.05, 3.63) is 59.3 Å². The lowest BCUT2D eigenvalue weighted by atomic mass is 9.75. The van der Waals surface area contributed by atoms with E-state index in [4.69, 9.17) is 0 Å². The zero-order chi connectivity index (χ0) is 13.6. The largest absolute Gasteiger partial charge is 0.0984 e. The van der Waals surface area contributed by atoms with Gasteiger partial charge in [-0.3, -0.25) is 0 Å². The zero-order valence-corrected chi connectivity index (χ0v) is 13.8. The fraction of sp³-hybridized carbons (Fsp3) is 0.412. The summed E-state index contributed by atoms with van der Waals surface area (Å²) in [4.78, 5) is 0. The fourth-order valence-electron chi connectivity index (χ4n) is 3.00. The molecule has 2 rings (SSSR count). The van der Waals surface area contributed by atoms with E-state index in [1.54, 1.807) is 5.57 Å². The maximum atomic E-state index is 4.01. The van der Waals surface area contributed by atoms with Gasteiger partial charge in [-0.05, 0) is 37.0 Å². The molecule has 18 heavy (non-hydrogen) atoms. The van der Waals surface area contributed by atoms with Crippen LogP contribution in [0.5, 0.6) is 0 Å². The molecule has 96 valence electrons. The van der Waals surface area contributed by atoms with Gasteiger partial charge in [0.2, 0.25) is 0 Å². The Morgan fingerprint density at radius 3 is 2.56 bits per heavy atom. The van der Waals surface area contributed by atoms with Crippen molar-refractivity contribution >= 4 is 22.6 Å². The Labute approximate surface area is 124 Å². The van der Waals surface area contributed by atoms with Gasteiger partial charge in [-0.15, -0.1) is 0 Å². The van der Waals surface area contributed by atoms with Crippen LogP contribution in [0.3, 0.4) is 0 Å². The van der Waals surface area contributed by atoms with Crippen molar-refractivity contribution in [2.45, 2.75) is 37.5 Å². The summed E-state index contributed by atoms with van der Waals surface area (Å²) in [5.41, 5.74) is 5.81. The van der Waals surface area contributed by atoms with E-state index in [2.05, 4.69) is 81.2 Å². The third kappa shape index (κ3) is 2.07. The number of alkyl halides is 1. The lowest BCUT2D eigenvalue weighted by Crippen LogP contribution is -2.23. The van der Waals surface area contributed by atoms with Gasteiger partial charge in [-0.1, -0.05) is 79.0 Å². The first-order valence-corrected chi connectivity index (χ1v) is 7.53. The van der Waals surface area contributed by atoms with E-state index in [9.17, 15) is 0 Å². The minimum atomic E-state index is 0.128. The van der Waals surface area contributed by atoms with E-state index in [-0.39, 0.29) is 8.84 Å². The maximum Gasteiger partial charge on any atom is 0.0413 e. The normalized spacial score (nSPS) is 30.3. The van der Waals surface area contributed by atoms with Crippen LogP contribution in [0, 0.1) is 5.41 Å². The van der Waals surface area contributed by atoms with E-state index in [0.717, 1.165) is 6.42 Å². The van der Waals surface area contributed by atoms with E-state index < -0.39 is 0 Å². The molecule has 0 aromatic heterocycles. The Hall–Kier alpha value is -0.570. The molecule has 0 N–H and O–H groups in total. The van der Waals surface area contributed by atoms with Crippen molar-refractivity contribution in [1.29, 1.82) is 0 Å². The Morgan fingerprint density at radius 2 is 2.00 bits per heavy atom. The summed E-state index contributed by atoms with van der Waals surface area (Å²) in [6.45, 7) is 13.1. The first-order valence-electron chi connectivity index (χ1n) is 6.45.